The van der Waals surface area contributed by atoms with E-state index in [1.165, 1.54) is 11.8 Å². The van der Waals surface area contributed by atoms with Crippen LogP contribution in [0.1, 0.15) is 13.8 Å². The molecule has 0 bridgehead atoms. The molecule has 1 amide bonds. The Hall–Kier alpha value is -0.710. The average Bonchev–Trinajstić information content (AvgIpc) is 2.37. The molecule has 2 N–H and O–H groups in total. The summed E-state index contributed by atoms with van der Waals surface area (Å²) >= 11 is 7.53. The minimum atomic E-state index is -0.147. The van der Waals surface area contributed by atoms with Gasteiger partial charge in [0.2, 0.25) is 5.91 Å². The zero-order valence-corrected chi connectivity index (χ0v) is 12.3. The number of hydrogen-bond acceptors (Lipinski definition) is 3. The van der Waals surface area contributed by atoms with Gasteiger partial charge in [0.15, 0.2) is 0 Å². The lowest BCUT2D eigenvalue weighted by atomic mass is 10.4. The summed E-state index contributed by atoms with van der Waals surface area (Å²) in [5.74, 6) is 0.0397. The van der Waals surface area contributed by atoms with Gasteiger partial charge in [0, 0.05) is 18.0 Å². The lowest BCUT2D eigenvalue weighted by molar-refractivity contribution is -0.120. The van der Waals surface area contributed by atoms with Crippen LogP contribution in [0.25, 0.3) is 0 Å². The molecule has 1 aromatic rings. The van der Waals surface area contributed by atoms with Gasteiger partial charge in [0.25, 0.3) is 0 Å². The Labute approximate surface area is 118 Å². The van der Waals surface area contributed by atoms with Gasteiger partial charge in [-0.25, -0.2) is 0 Å². The predicted molar refractivity (Wildman–Crippen MR) is 78.3 cm³/mol. The molecule has 0 radical (unpaired) electrons. The fourth-order valence-electron chi connectivity index (χ4n) is 1.38. The summed E-state index contributed by atoms with van der Waals surface area (Å²) in [6.45, 7) is 6.29. The first kappa shape index (κ1) is 15.3. The Morgan fingerprint density at radius 3 is 2.78 bits per heavy atom. The second kappa shape index (κ2) is 8.40. The van der Waals surface area contributed by atoms with Crippen molar-refractivity contribution in [3.05, 3.63) is 29.3 Å². The number of amides is 1. The van der Waals surface area contributed by atoms with Crippen molar-refractivity contribution in [1.29, 1.82) is 0 Å². The fraction of sp³-hybridized carbons (Fsp3) is 0.462. The van der Waals surface area contributed by atoms with Crippen molar-refractivity contribution in [3.63, 3.8) is 0 Å². The van der Waals surface area contributed by atoms with Gasteiger partial charge < -0.3 is 10.6 Å². The molecule has 5 heteroatoms. The Kier molecular flexibility index (Phi) is 7.16. The lowest BCUT2D eigenvalue weighted by Gasteiger charge is -2.12. The quantitative estimate of drug-likeness (QED) is 0.598. The van der Waals surface area contributed by atoms with E-state index in [9.17, 15) is 4.79 Å². The summed E-state index contributed by atoms with van der Waals surface area (Å²) in [6.07, 6.45) is 0. The molecule has 0 heterocycles. The molecule has 18 heavy (non-hydrogen) atoms. The third-order valence-corrected chi connectivity index (χ3v) is 3.98. The van der Waals surface area contributed by atoms with E-state index < -0.39 is 0 Å². The van der Waals surface area contributed by atoms with E-state index >= 15 is 0 Å². The number of nitrogens with one attached hydrogen (secondary N) is 2. The van der Waals surface area contributed by atoms with E-state index in [0.717, 1.165) is 18.0 Å². The second-order valence-electron chi connectivity index (χ2n) is 3.84. The van der Waals surface area contributed by atoms with Crippen molar-refractivity contribution in [2.75, 3.05) is 19.6 Å². The maximum absolute atomic E-state index is 11.8. The minimum Gasteiger partial charge on any atom is -0.354 e. The molecule has 0 aliphatic heterocycles. The Bertz CT molecular complexity index is 387. The normalized spacial score (nSPS) is 12.2. The Morgan fingerprint density at radius 2 is 2.11 bits per heavy atom. The van der Waals surface area contributed by atoms with Crippen molar-refractivity contribution in [1.82, 2.24) is 10.6 Å². The molecule has 0 spiro atoms. The highest BCUT2D eigenvalue weighted by molar-refractivity contribution is 8.00. The van der Waals surface area contributed by atoms with Gasteiger partial charge in [-0.05, 0) is 25.6 Å². The lowest BCUT2D eigenvalue weighted by Crippen LogP contribution is -2.36. The van der Waals surface area contributed by atoms with Gasteiger partial charge >= 0.3 is 0 Å². The molecule has 0 aliphatic carbocycles. The van der Waals surface area contributed by atoms with Crippen LogP contribution >= 0.6 is 23.4 Å². The van der Waals surface area contributed by atoms with Crippen molar-refractivity contribution in [2.45, 2.75) is 24.0 Å². The van der Waals surface area contributed by atoms with E-state index in [1.54, 1.807) is 0 Å². The summed E-state index contributed by atoms with van der Waals surface area (Å²) in [5.41, 5.74) is 0. The fourth-order valence-corrected chi connectivity index (χ4v) is 2.56. The predicted octanol–water partition coefficient (Wildman–Crippen LogP) is 2.55. The van der Waals surface area contributed by atoms with Crippen molar-refractivity contribution >= 4 is 29.3 Å². The van der Waals surface area contributed by atoms with Gasteiger partial charge in [-0.3, -0.25) is 4.79 Å². The average molecular weight is 287 g/mol. The highest BCUT2D eigenvalue weighted by Gasteiger charge is 2.14. The van der Waals surface area contributed by atoms with Gasteiger partial charge in [-0.1, -0.05) is 30.7 Å². The van der Waals surface area contributed by atoms with Crippen molar-refractivity contribution < 1.29 is 4.79 Å². The number of halogens is 1. The van der Waals surface area contributed by atoms with Gasteiger partial charge in [0.1, 0.15) is 0 Å². The van der Waals surface area contributed by atoms with Gasteiger partial charge in [-0.15, -0.1) is 11.8 Å². The van der Waals surface area contributed by atoms with Crippen LogP contribution in [0.3, 0.4) is 0 Å². The van der Waals surface area contributed by atoms with Crippen LogP contribution in [-0.4, -0.2) is 30.8 Å². The summed E-state index contributed by atoms with van der Waals surface area (Å²) < 4.78 is 0. The molecular formula is C13H19ClN2OS. The van der Waals surface area contributed by atoms with Gasteiger partial charge in [0.05, 0.1) is 10.3 Å². The largest absolute Gasteiger partial charge is 0.354 e. The van der Waals surface area contributed by atoms with Crippen LogP contribution in [0.4, 0.5) is 0 Å². The molecule has 1 rings (SSSR count). The number of carbonyl (C=O) groups is 1. The summed E-state index contributed by atoms with van der Waals surface area (Å²) in [4.78, 5) is 12.8. The molecule has 0 aromatic heterocycles. The third-order valence-electron chi connectivity index (χ3n) is 2.36. The van der Waals surface area contributed by atoms with Crippen LogP contribution in [-0.2, 0) is 4.79 Å². The number of hydrogen-bond donors (Lipinski definition) is 2. The molecule has 0 aliphatic rings. The van der Waals surface area contributed by atoms with E-state index in [2.05, 4.69) is 10.6 Å². The monoisotopic (exact) mass is 286 g/mol. The molecule has 100 valence electrons. The zero-order valence-electron chi connectivity index (χ0n) is 10.7. The van der Waals surface area contributed by atoms with Crippen LogP contribution in [0, 0.1) is 0 Å². The molecule has 1 atom stereocenters. The molecule has 0 saturated heterocycles. The zero-order chi connectivity index (χ0) is 13.4. The van der Waals surface area contributed by atoms with Crippen LogP contribution in [0.15, 0.2) is 29.2 Å². The highest BCUT2D eigenvalue weighted by atomic mass is 35.5. The molecule has 3 nitrogen and oxygen atoms in total. The van der Waals surface area contributed by atoms with Crippen LogP contribution in [0.5, 0.6) is 0 Å². The van der Waals surface area contributed by atoms with Crippen molar-refractivity contribution in [3.8, 4) is 0 Å². The first-order valence-corrected chi connectivity index (χ1v) is 7.30. The summed E-state index contributed by atoms with van der Waals surface area (Å²) in [7, 11) is 0. The summed E-state index contributed by atoms with van der Waals surface area (Å²) in [6, 6.07) is 7.56. The smallest absolute Gasteiger partial charge is 0.233 e. The SMILES string of the molecule is CCNCCNC(=O)C(C)Sc1ccccc1Cl. The number of rotatable bonds is 7. The van der Waals surface area contributed by atoms with E-state index in [0.29, 0.717) is 11.6 Å². The molecule has 0 saturated carbocycles. The molecule has 1 aromatic carbocycles. The Balaban J connectivity index is 2.38. The third kappa shape index (κ3) is 5.29. The van der Waals surface area contributed by atoms with Gasteiger partial charge in [-0.2, -0.15) is 0 Å². The second-order valence-corrected chi connectivity index (χ2v) is 5.62. The first-order chi connectivity index (χ1) is 8.65. The molecular weight excluding hydrogens is 268 g/mol. The standard InChI is InChI=1S/C13H19ClN2OS/c1-3-15-8-9-16-13(17)10(2)18-12-7-5-4-6-11(12)14/h4-7,10,15H,3,8-9H2,1-2H3,(H,16,17). The Morgan fingerprint density at radius 1 is 1.39 bits per heavy atom. The van der Waals surface area contributed by atoms with Crippen LogP contribution in [0.2, 0.25) is 5.02 Å². The van der Waals surface area contributed by atoms with Crippen LogP contribution < -0.4 is 10.6 Å². The first-order valence-electron chi connectivity index (χ1n) is 6.04. The maximum atomic E-state index is 11.8. The number of carbonyl (C=O) groups excluding carboxylic acids is 1. The van der Waals surface area contributed by atoms with Crippen molar-refractivity contribution in [2.24, 2.45) is 0 Å². The van der Waals surface area contributed by atoms with E-state index in [-0.39, 0.29) is 11.2 Å². The van der Waals surface area contributed by atoms with E-state index in [4.69, 9.17) is 11.6 Å². The minimum absolute atomic E-state index is 0.0397. The maximum Gasteiger partial charge on any atom is 0.233 e. The number of thioether (sulfide) groups is 1. The topological polar surface area (TPSA) is 41.1 Å². The molecule has 1 unspecified atom stereocenters. The number of benzene rings is 1. The molecule has 0 fully saturated rings. The highest BCUT2D eigenvalue weighted by Crippen LogP contribution is 2.29. The number of likely N-dealkylation sites (N-methyl/N-ethyl adjacent to an activating group) is 1. The summed E-state index contributed by atoms with van der Waals surface area (Å²) in [5, 5.41) is 6.59. The van der Waals surface area contributed by atoms with E-state index in [1.807, 2.05) is 38.1 Å².